The molecule has 2 aromatic rings. The van der Waals surface area contributed by atoms with E-state index in [1.54, 1.807) is 19.9 Å². The third-order valence-corrected chi connectivity index (χ3v) is 6.62. The second-order valence-electron chi connectivity index (χ2n) is 5.45. The number of nitrogens with one attached hydrogen (secondary N) is 1. The zero-order valence-electron chi connectivity index (χ0n) is 14.5. The van der Waals surface area contributed by atoms with E-state index in [9.17, 15) is 13.2 Å². The standard InChI is InChI=1S/C16H18N4O4S2/c1-4-20(5-2)26(22,23)11-6-7-14-12(8-11)17-9-13-15(24-14)25-16(19-13)18-10(3)21/h6-9H,4-5H2,1-3H3,(H,18,19,21). The fourth-order valence-electron chi connectivity index (χ4n) is 2.46. The highest BCUT2D eigenvalue weighted by atomic mass is 32.2. The molecule has 26 heavy (non-hydrogen) atoms. The molecule has 0 saturated heterocycles. The zero-order chi connectivity index (χ0) is 18.9. The largest absolute Gasteiger partial charge is 0.442 e. The third kappa shape index (κ3) is 3.48. The summed E-state index contributed by atoms with van der Waals surface area (Å²) < 4.78 is 32.5. The number of nitrogens with zero attached hydrogens (tertiary/aromatic N) is 3. The van der Waals surface area contributed by atoms with Gasteiger partial charge in [0.05, 0.1) is 11.1 Å². The highest BCUT2D eigenvalue weighted by Gasteiger charge is 2.24. The van der Waals surface area contributed by atoms with E-state index in [2.05, 4.69) is 15.3 Å². The number of carbonyl (C=O) groups excluding carboxylic acids is 1. The minimum Gasteiger partial charge on any atom is -0.442 e. The molecule has 0 atom stereocenters. The van der Waals surface area contributed by atoms with Gasteiger partial charge in [-0.2, -0.15) is 4.31 Å². The predicted molar refractivity (Wildman–Crippen MR) is 100 cm³/mol. The van der Waals surface area contributed by atoms with E-state index in [1.165, 1.54) is 40.9 Å². The van der Waals surface area contributed by atoms with Gasteiger partial charge < -0.3 is 10.1 Å². The third-order valence-electron chi connectivity index (χ3n) is 3.71. The van der Waals surface area contributed by atoms with E-state index in [0.717, 1.165) is 0 Å². The first kappa shape index (κ1) is 18.5. The van der Waals surface area contributed by atoms with Crippen molar-refractivity contribution in [1.29, 1.82) is 0 Å². The molecule has 1 N–H and O–H groups in total. The number of sulfonamides is 1. The summed E-state index contributed by atoms with van der Waals surface area (Å²) in [4.78, 5) is 19.9. The Labute approximate surface area is 155 Å². The normalized spacial score (nSPS) is 12.9. The zero-order valence-corrected chi connectivity index (χ0v) is 16.1. The molecule has 1 amide bonds. The summed E-state index contributed by atoms with van der Waals surface area (Å²) in [5.41, 5.74) is 0.882. The van der Waals surface area contributed by atoms with Gasteiger partial charge in [0, 0.05) is 20.0 Å². The number of carbonyl (C=O) groups is 1. The molecular weight excluding hydrogens is 376 g/mol. The summed E-state index contributed by atoms with van der Waals surface area (Å²) in [5, 5.41) is 3.50. The number of aliphatic imine (C=N–C) groups is 1. The van der Waals surface area contributed by atoms with Crippen molar-refractivity contribution in [2.75, 3.05) is 18.4 Å². The van der Waals surface area contributed by atoms with Crippen LogP contribution in [0.25, 0.3) is 0 Å². The van der Waals surface area contributed by atoms with Gasteiger partial charge in [0.25, 0.3) is 0 Å². The van der Waals surface area contributed by atoms with Gasteiger partial charge in [-0.05, 0) is 18.2 Å². The Balaban J connectivity index is 1.96. The molecule has 0 radical (unpaired) electrons. The highest BCUT2D eigenvalue weighted by Crippen LogP contribution is 2.41. The quantitative estimate of drug-likeness (QED) is 0.717. The van der Waals surface area contributed by atoms with E-state index in [4.69, 9.17) is 4.74 Å². The minimum atomic E-state index is -3.58. The van der Waals surface area contributed by atoms with Gasteiger partial charge in [-0.1, -0.05) is 25.2 Å². The summed E-state index contributed by atoms with van der Waals surface area (Å²) in [6, 6.07) is 4.57. The molecule has 138 valence electrons. The molecule has 2 heterocycles. The number of thiazole rings is 1. The van der Waals surface area contributed by atoms with Crippen LogP contribution >= 0.6 is 11.3 Å². The fraction of sp³-hybridized carbons (Fsp3) is 0.312. The van der Waals surface area contributed by atoms with Crippen LogP contribution in [0, 0.1) is 0 Å². The van der Waals surface area contributed by atoms with Crippen molar-refractivity contribution >= 4 is 44.3 Å². The fourth-order valence-corrected chi connectivity index (χ4v) is 4.79. The molecule has 8 nitrogen and oxygen atoms in total. The van der Waals surface area contributed by atoms with Gasteiger partial charge in [-0.25, -0.2) is 13.4 Å². The number of hydrogen-bond acceptors (Lipinski definition) is 7. The Morgan fingerprint density at radius 2 is 2.04 bits per heavy atom. The lowest BCUT2D eigenvalue weighted by Crippen LogP contribution is -2.30. The van der Waals surface area contributed by atoms with Gasteiger partial charge in [0.2, 0.25) is 21.0 Å². The van der Waals surface area contributed by atoms with E-state index in [-0.39, 0.29) is 10.8 Å². The molecule has 1 aliphatic heterocycles. The Bertz CT molecular complexity index is 978. The van der Waals surface area contributed by atoms with Gasteiger partial charge in [-0.3, -0.25) is 9.79 Å². The average Bonchev–Trinajstić information content (AvgIpc) is 2.86. The lowest BCUT2D eigenvalue weighted by Gasteiger charge is -2.18. The monoisotopic (exact) mass is 394 g/mol. The summed E-state index contributed by atoms with van der Waals surface area (Å²) in [7, 11) is -3.58. The molecule has 1 aliphatic rings. The van der Waals surface area contributed by atoms with Crippen molar-refractivity contribution in [3.63, 3.8) is 0 Å². The van der Waals surface area contributed by atoms with Crippen molar-refractivity contribution < 1.29 is 17.9 Å². The van der Waals surface area contributed by atoms with E-state index < -0.39 is 10.0 Å². The topological polar surface area (TPSA) is 101 Å². The summed E-state index contributed by atoms with van der Waals surface area (Å²) >= 11 is 1.18. The van der Waals surface area contributed by atoms with Crippen LogP contribution in [0.3, 0.4) is 0 Å². The molecule has 0 bridgehead atoms. The highest BCUT2D eigenvalue weighted by molar-refractivity contribution is 7.89. The number of aromatic nitrogens is 1. The first-order chi connectivity index (χ1) is 12.3. The maximum absolute atomic E-state index is 12.7. The lowest BCUT2D eigenvalue weighted by molar-refractivity contribution is -0.114. The first-order valence-electron chi connectivity index (χ1n) is 7.99. The van der Waals surface area contributed by atoms with Crippen LogP contribution in [0.4, 0.5) is 10.8 Å². The van der Waals surface area contributed by atoms with Crippen molar-refractivity contribution in [1.82, 2.24) is 9.29 Å². The molecule has 0 fully saturated rings. The number of ether oxygens (including phenoxy) is 1. The summed E-state index contributed by atoms with van der Waals surface area (Å²) in [5.74, 6) is 0.203. The Hall–Kier alpha value is -2.30. The van der Waals surface area contributed by atoms with Crippen molar-refractivity contribution in [2.24, 2.45) is 4.99 Å². The van der Waals surface area contributed by atoms with Gasteiger partial charge in [0.15, 0.2) is 10.9 Å². The molecule has 10 heteroatoms. The second kappa shape index (κ2) is 7.14. The number of rotatable bonds is 5. The van der Waals surface area contributed by atoms with Crippen LogP contribution in [0.2, 0.25) is 0 Å². The Morgan fingerprint density at radius 1 is 1.31 bits per heavy atom. The smallest absolute Gasteiger partial charge is 0.243 e. The van der Waals surface area contributed by atoms with E-state index in [1.807, 2.05) is 0 Å². The van der Waals surface area contributed by atoms with Crippen LogP contribution in [-0.2, 0) is 14.8 Å². The van der Waals surface area contributed by atoms with Crippen LogP contribution in [0.5, 0.6) is 10.8 Å². The number of anilines is 1. The molecule has 1 aromatic heterocycles. The van der Waals surface area contributed by atoms with Gasteiger partial charge in [0.1, 0.15) is 11.4 Å². The average molecular weight is 394 g/mol. The second-order valence-corrected chi connectivity index (χ2v) is 8.35. The maximum Gasteiger partial charge on any atom is 0.243 e. The predicted octanol–water partition coefficient (Wildman–Crippen LogP) is 2.99. The molecule has 0 aliphatic carbocycles. The maximum atomic E-state index is 12.7. The van der Waals surface area contributed by atoms with Crippen molar-refractivity contribution in [2.45, 2.75) is 25.7 Å². The first-order valence-corrected chi connectivity index (χ1v) is 10.2. The number of amides is 1. The Kier molecular flexibility index (Phi) is 5.08. The van der Waals surface area contributed by atoms with Crippen molar-refractivity contribution in [3.05, 3.63) is 23.9 Å². The van der Waals surface area contributed by atoms with E-state index in [0.29, 0.717) is 40.4 Å². The number of fused-ring (bicyclic) bond motifs is 2. The van der Waals surface area contributed by atoms with Gasteiger partial charge >= 0.3 is 0 Å². The Morgan fingerprint density at radius 3 is 2.69 bits per heavy atom. The van der Waals surface area contributed by atoms with Crippen LogP contribution < -0.4 is 10.1 Å². The van der Waals surface area contributed by atoms with Crippen LogP contribution in [0.1, 0.15) is 26.5 Å². The lowest BCUT2D eigenvalue weighted by atomic mass is 10.3. The molecule has 0 saturated carbocycles. The van der Waals surface area contributed by atoms with Gasteiger partial charge in [-0.15, -0.1) is 0 Å². The molecule has 0 spiro atoms. The molecule has 0 unspecified atom stereocenters. The molecule has 3 rings (SSSR count). The molecular formula is C16H18N4O4S2. The number of benzene rings is 1. The van der Waals surface area contributed by atoms with Crippen molar-refractivity contribution in [3.8, 4) is 10.8 Å². The minimum absolute atomic E-state index is 0.165. The number of hydrogen-bond donors (Lipinski definition) is 1. The van der Waals surface area contributed by atoms with E-state index >= 15 is 0 Å². The summed E-state index contributed by atoms with van der Waals surface area (Å²) in [6.07, 6.45) is 1.50. The van der Waals surface area contributed by atoms with Crippen LogP contribution in [-0.4, -0.2) is 42.9 Å². The summed E-state index contributed by atoms with van der Waals surface area (Å²) in [6.45, 7) is 5.77. The SMILES string of the molecule is CCN(CC)S(=O)(=O)c1ccc2c(c1)N=Cc1nc(NC(C)=O)sc1O2. The molecule has 1 aromatic carbocycles. The van der Waals surface area contributed by atoms with Crippen LogP contribution in [0.15, 0.2) is 28.1 Å².